The van der Waals surface area contributed by atoms with Gasteiger partial charge in [0.1, 0.15) is 18.1 Å². The third kappa shape index (κ3) is 10.4. The average Bonchev–Trinajstić information content (AvgIpc) is 3.28. The van der Waals surface area contributed by atoms with Crippen molar-refractivity contribution >= 4 is 29.6 Å². The molecule has 0 fully saturated rings. The SMILES string of the molecule is CC(N)C(=O)NC(Cc1cnc[nH]1)C(=O)NC(CCC(N)=O)C(=O)NC(CCCCN)C(=O)O. The highest BCUT2D eigenvalue weighted by atomic mass is 16.4. The van der Waals surface area contributed by atoms with Crippen molar-refractivity contribution in [2.45, 2.75) is 69.6 Å². The number of aromatic nitrogens is 2. The first-order valence-corrected chi connectivity index (χ1v) is 10.9. The Morgan fingerprint density at radius 3 is 2.15 bits per heavy atom. The molecular formula is C20H34N8O6. The summed E-state index contributed by atoms with van der Waals surface area (Å²) in [6, 6.07) is -4.49. The van der Waals surface area contributed by atoms with Crippen molar-refractivity contribution in [3.63, 3.8) is 0 Å². The average molecular weight is 483 g/mol. The van der Waals surface area contributed by atoms with Gasteiger partial charge in [0, 0.05) is 24.7 Å². The van der Waals surface area contributed by atoms with Gasteiger partial charge in [-0.05, 0) is 39.2 Å². The molecule has 1 aromatic rings. The minimum Gasteiger partial charge on any atom is -0.480 e. The van der Waals surface area contributed by atoms with E-state index < -0.39 is 53.8 Å². The number of unbranched alkanes of at least 4 members (excludes halogenated alkanes) is 1. The number of primary amides is 1. The van der Waals surface area contributed by atoms with Gasteiger partial charge in [-0.15, -0.1) is 0 Å². The van der Waals surface area contributed by atoms with Gasteiger partial charge in [0.15, 0.2) is 0 Å². The van der Waals surface area contributed by atoms with Crippen LogP contribution in [0.15, 0.2) is 12.5 Å². The van der Waals surface area contributed by atoms with Gasteiger partial charge >= 0.3 is 5.97 Å². The van der Waals surface area contributed by atoms with E-state index in [1.807, 2.05) is 0 Å². The van der Waals surface area contributed by atoms with Crippen LogP contribution in [-0.4, -0.2) is 75.4 Å². The molecule has 14 nitrogen and oxygen atoms in total. The number of amides is 4. The molecule has 0 radical (unpaired) electrons. The molecule has 11 N–H and O–H groups in total. The zero-order valence-electron chi connectivity index (χ0n) is 19.1. The molecule has 14 heteroatoms. The summed E-state index contributed by atoms with van der Waals surface area (Å²) in [5, 5.41) is 16.8. The van der Waals surface area contributed by atoms with Gasteiger partial charge in [-0.2, -0.15) is 0 Å². The predicted molar refractivity (Wildman–Crippen MR) is 121 cm³/mol. The van der Waals surface area contributed by atoms with Gasteiger partial charge < -0.3 is 43.2 Å². The first kappa shape index (κ1) is 28.5. The Labute approximate surface area is 196 Å². The van der Waals surface area contributed by atoms with Crippen molar-refractivity contribution in [1.29, 1.82) is 0 Å². The minimum absolute atomic E-state index is 0.0191. The van der Waals surface area contributed by atoms with E-state index in [0.717, 1.165) is 0 Å². The molecule has 190 valence electrons. The molecule has 0 aromatic carbocycles. The number of hydrogen-bond acceptors (Lipinski definition) is 8. The molecule has 0 bridgehead atoms. The Hall–Kier alpha value is -3.52. The smallest absolute Gasteiger partial charge is 0.326 e. The molecular weight excluding hydrogens is 448 g/mol. The van der Waals surface area contributed by atoms with E-state index >= 15 is 0 Å². The van der Waals surface area contributed by atoms with Gasteiger partial charge in [0.05, 0.1) is 12.4 Å². The van der Waals surface area contributed by atoms with Crippen LogP contribution in [0.1, 0.15) is 44.7 Å². The molecule has 4 atom stereocenters. The van der Waals surface area contributed by atoms with E-state index in [-0.39, 0.29) is 25.7 Å². The second kappa shape index (κ2) is 14.6. The minimum atomic E-state index is -1.27. The van der Waals surface area contributed by atoms with E-state index in [1.165, 1.54) is 19.4 Å². The largest absolute Gasteiger partial charge is 0.480 e. The van der Waals surface area contributed by atoms with Crippen molar-refractivity contribution in [1.82, 2.24) is 25.9 Å². The lowest BCUT2D eigenvalue weighted by Gasteiger charge is -2.24. The lowest BCUT2D eigenvalue weighted by molar-refractivity contribution is -0.142. The number of aromatic amines is 1. The summed E-state index contributed by atoms with van der Waals surface area (Å²) in [5.74, 6) is -4.07. The number of carbonyl (C=O) groups excluding carboxylic acids is 4. The van der Waals surface area contributed by atoms with Crippen LogP contribution in [0, 0.1) is 0 Å². The first-order chi connectivity index (χ1) is 16.0. The molecule has 1 aromatic heterocycles. The third-order valence-electron chi connectivity index (χ3n) is 4.90. The van der Waals surface area contributed by atoms with Crippen molar-refractivity contribution < 1.29 is 29.1 Å². The van der Waals surface area contributed by atoms with Crippen LogP contribution in [0.4, 0.5) is 0 Å². The molecule has 4 unspecified atom stereocenters. The predicted octanol–water partition coefficient (Wildman–Crippen LogP) is -2.77. The summed E-state index contributed by atoms with van der Waals surface area (Å²) in [5.41, 5.74) is 16.7. The number of carboxylic acid groups (broad SMARTS) is 1. The van der Waals surface area contributed by atoms with Crippen molar-refractivity contribution in [3.8, 4) is 0 Å². The van der Waals surface area contributed by atoms with Crippen molar-refractivity contribution in [2.24, 2.45) is 17.2 Å². The molecule has 4 amide bonds. The van der Waals surface area contributed by atoms with Crippen LogP contribution in [0.2, 0.25) is 0 Å². The summed E-state index contributed by atoms with van der Waals surface area (Å²) in [6.07, 6.45) is 3.68. The Bertz CT molecular complexity index is 829. The summed E-state index contributed by atoms with van der Waals surface area (Å²) < 4.78 is 0. The number of nitrogens with zero attached hydrogens (tertiary/aromatic N) is 1. The zero-order valence-corrected chi connectivity index (χ0v) is 19.1. The Kier molecular flexibility index (Phi) is 12.2. The molecule has 34 heavy (non-hydrogen) atoms. The van der Waals surface area contributed by atoms with E-state index in [9.17, 15) is 29.1 Å². The Morgan fingerprint density at radius 1 is 1.00 bits per heavy atom. The number of carboxylic acids is 1. The fourth-order valence-electron chi connectivity index (χ4n) is 2.98. The first-order valence-electron chi connectivity index (χ1n) is 10.9. The fourth-order valence-corrected chi connectivity index (χ4v) is 2.98. The monoisotopic (exact) mass is 482 g/mol. The summed E-state index contributed by atoms with van der Waals surface area (Å²) in [4.78, 5) is 67.4. The topological polar surface area (TPSA) is 248 Å². The van der Waals surface area contributed by atoms with E-state index in [2.05, 4.69) is 25.9 Å². The zero-order chi connectivity index (χ0) is 25.7. The van der Waals surface area contributed by atoms with Gasteiger partial charge in [0.2, 0.25) is 23.6 Å². The maximum Gasteiger partial charge on any atom is 0.326 e. The number of carbonyl (C=O) groups is 5. The molecule has 0 saturated carbocycles. The fraction of sp³-hybridized carbons (Fsp3) is 0.600. The van der Waals surface area contributed by atoms with Crippen molar-refractivity contribution in [3.05, 3.63) is 18.2 Å². The maximum absolute atomic E-state index is 13.0. The second-order valence-electron chi connectivity index (χ2n) is 7.88. The molecule has 0 aliphatic heterocycles. The van der Waals surface area contributed by atoms with Crippen LogP contribution in [0.3, 0.4) is 0 Å². The molecule has 0 aliphatic rings. The maximum atomic E-state index is 13.0. The van der Waals surface area contributed by atoms with Crippen LogP contribution >= 0.6 is 0 Å². The molecule has 0 spiro atoms. The molecule has 1 rings (SSSR count). The lowest BCUT2D eigenvalue weighted by atomic mass is 10.1. The summed E-state index contributed by atoms with van der Waals surface area (Å²) in [7, 11) is 0. The van der Waals surface area contributed by atoms with E-state index in [0.29, 0.717) is 25.1 Å². The van der Waals surface area contributed by atoms with E-state index in [1.54, 1.807) is 0 Å². The number of imidazole rings is 1. The standard InChI is InChI=1S/C20H34N8O6/c1-11(22)17(30)28-15(8-12-9-24-10-25-12)19(32)26-13(5-6-16(23)29)18(31)27-14(20(33)34)4-2-3-7-21/h9-11,13-15H,2-8,21-22H2,1H3,(H2,23,29)(H,24,25)(H,26,32)(H,27,31)(H,28,30)(H,33,34). The van der Waals surface area contributed by atoms with E-state index in [4.69, 9.17) is 17.2 Å². The van der Waals surface area contributed by atoms with Gasteiger partial charge in [-0.3, -0.25) is 19.2 Å². The normalized spacial score (nSPS) is 14.3. The van der Waals surface area contributed by atoms with Crippen LogP contribution in [-0.2, 0) is 30.4 Å². The highest BCUT2D eigenvalue weighted by Crippen LogP contribution is 2.06. The summed E-state index contributed by atoms with van der Waals surface area (Å²) >= 11 is 0. The number of nitrogens with two attached hydrogens (primary N) is 3. The highest BCUT2D eigenvalue weighted by molar-refractivity contribution is 5.94. The number of hydrogen-bond donors (Lipinski definition) is 8. The third-order valence-corrected chi connectivity index (χ3v) is 4.90. The second-order valence-corrected chi connectivity index (χ2v) is 7.88. The van der Waals surface area contributed by atoms with Crippen molar-refractivity contribution in [2.75, 3.05) is 6.54 Å². The number of rotatable bonds is 16. The molecule has 1 heterocycles. The Morgan fingerprint density at radius 2 is 1.62 bits per heavy atom. The molecule has 0 aliphatic carbocycles. The highest BCUT2D eigenvalue weighted by Gasteiger charge is 2.30. The lowest BCUT2D eigenvalue weighted by Crippen LogP contribution is -2.57. The van der Waals surface area contributed by atoms with Crippen LogP contribution in [0.5, 0.6) is 0 Å². The summed E-state index contributed by atoms with van der Waals surface area (Å²) in [6.45, 7) is 1.82. The number of H-pyrrole nitrogens is 1. The number of aliphatic carboxylic acids is 1. The van der Waals surface area contributed by atoms with Gasteiger partial charge in [-0.25, -0.2) is 9.78 Å². The molecule has 0 saturated heterocycles. The van der Waals surface area contributed by atoms with Gasteiger partial charge in [0.25, 0.3) is 0 Å². The quantitative estimate of drug-likeness (QED) is 0.113. The Balaban J connectivity index is 3.00. The number of nitrogens with one attached hydrogen (secondary N) is 4. The van der Waals surface area contributed by atoms with Crippen LogP contribution < -0.4 is 33.2 Å². The van der Waals surface area contributed by atoms with Gasteiger partial charge in [-0.1, -0.05) is 0 Å². The van der Waals surface area contributed by atoms with Crippen LogP contribution in [0.25, 0.3) is 0 Å².